The van der Waals surface area contributed by atoms with Crippen LogP contribution in [0, 0.1) is 0 Å². The monoisotopic (exact) mass is 372 g/mol. The molecule has 1 aliphatic heterocycles. The van der Waals surface area contributed by atoms with Crippen LogP contribution in [0.25, 0.3) is 6.08 Å². The van der Waals surface area contributed by atoms with Crippen LogP contribution in [-0.2, 0) is 4.79 Å². The second-order valence-corrected chi connectivity index (χ2v) is 7.21. The van der Waals surface area contributed by atoms with Crippen molar-refractivity contribution >= 4 is 41.0 Å². The number of anilines is 1. The van der Waals surface area contributed by atoms with Gasteiger partial charge in [-0.15, -0.1) is 11.8 Å². The molecule has 130 valence electrons. The van der Waals surface area contributed by atoms with Crippen LogP contribution in [0.15, 0.2) is 59.5 Å². The number of thioether (sulfide) groups is 1. The Morgan fingerprint density at radius 2 is 1.80 bits per heavy atom. The fourth-order valence-electron chi connectivity index (χ4n) is 2.85. The highest BCUT2D eigenvalue weighted by Gasteiger charge is 2.19. The van der Waals surface area contributed by atoms with Gasteiger partial charge in [0.05, 0.1) is 0 Å². The Balaban J connectivity index is 1.55. The molecule has 0 bridgehead atoms. The average molecular weight is 373 g/mol. The summed E-state index contributed by atoms with van der Waals surface area (Å²) in [6.45, 7) is 3.09. The van der Waals surface area contributed by atoms with Crippen LogP contribution in [-0.4, -0.2) is 43.2 Å². The third kappa shape index (κ3) is 4.80. The van der Waals surface area contributed by atoms with E-state index in [2.05, 4.69) is 29.4 Å². The number of halogens is 1. The van der Waals surface area contributed by atoms with Gasteiger partial charge in [0.15, 0.2) is 0 Å². The molecule has 0 N–H and O–H groups in total. The van der Waals surface area contributed by atoms with Crippen LogP contribution < -0.4 is 4.90 Å². The van der Waals surface area contributed by atoms with Crippen molar-refractivity contribution in [3.05, 3.63) is 65.2 Å². The van der Waals surface area contributed by atoms with Crippen molar-refractivity contribution in [3.63, 3.8) is 0 Å². The molecule has 5 heteroatoms. The predicted octanol–water partition coefficient (Wildman–Crippen LogP) is 4.42. The smallest absolute Gasteiger partial charge is 0.246 e. The molecule has 0 atom stereocenters. The molecule has 0 unspecified atom stereocenters. The molecule has 0 saturated carbocycles. The zero-order valence-corrected chi connectivity index (χ0v) is 15.8. The van der Waals surface area contributed by atoms with E-state index in [1.807, 2.05) is 41.3 Å². The zero-order valence-electron chi connectivity index (χ0n) is 14.2. The summed E-state index contributed by atoms with van der Waals surface area (Å²) in [6.07, 6.45) is 5.61. The molecule has 2 aromatic carbocycles. The Hall–Kier alpha value is -1.91. The molecular formula is C20H21ClN2OS. The first-order valence-corrected chi connectivity index (χ1v) is 9.87. The van der Waals surface area contributed by atoms with Crippen LogP contribution >= 0.6 is 23.4 Å². The first-order chi connectivity index (χ1) is 12.2. The van der Waals surface area contributed by atoms with Crippen LogP contribution in [0.4, 0.5) is 5.69 Å². The van der Waals surface area contributed by atoms with E-state index in [0.29, 0.717) is 0 Å². The highest BCUT2D eigenvalue weighted by atomic mass is 35.5. The van der Waals surface area contributed by atoms with Gasteiger partial charge in [-0.1, -0.05) is 29.8 Å². The average Bonchev–Trinajstić information content (AvgIpc) is 2.66. The topological polar surface area (TPSA) is 23.6 Å². The van der Waals surface area contributed by atoms with Crippen LogP contribution in [0.5, 0.6) is 0 Å². The lowest BCUT2D eigenvalue weighted by Crippen LogP contribution is -2.48. The maximum Gasteiger partial charge on any atom is 0.246 e. The van der Waals surface area contributed by atoms with Gasteiger partial charge in [0.2, 0.25) is 5.91 Å². The van der Waals surface area contributed by atoms with Gasteiger partial charge in [0.25, 0.3) is 0 Å². The van der Waals surface area contributed by atoms with Crippen molar-refractivity contribution in [2.24, 2.45) is 0 Å². The third-order valence-corrected chi connectivity index (χ3v) is 5.28. The fourth-order valence-corrected chi connectivity index (χ4v) is 3.44. The highest BCUT2D eigenvalue weighted by molar-refractivity contribution is 7.98. The molecule has 3 nitrogen and oxygen atoms in total. The molecule has 1 heterocycles. The Kier molecular flexibility index (Phi) is 6.05. The minimum atomic E-state index is 0.0692. The van der Waals surface area contributed by atoms with Gasteiger partial charge in [-0.2, -0.15) is 0 Å². The molecule has 1 amide bonds. The molecule has 0 radical (unpaired) electrons. The Labute approximate surface area is 158 Å². The van der Waals surface area contributed by atoms with Gasteiger partial charge >= 0.3 is 0 Å². The zero-order chi connectivity index (χ0) is 17.6. The van der Waals surface area contributed by atoms with E-state index in [1.165, 1.54) is 4.90 Å². The van der Waals surface area contributed by atoms with Crippen molar-refractivity contribution in [1.82, 2.24) is 4.90 Å². The minimum absolute atomic E-state index is 0.0692. The van der Waals surface area contributed by atoms with Crippen molar-refractivity contribution in [2.45, 2.75) is 4.90 Å². The van der Waals surface area contributed by atoms with Crippen LogP contribution in [0.1, 0.15) is 5.56 Å². The van der Waals surface area contributed by atoms with Crippen LogP contribution in [0.3, 0.4) is 0 Å². The van der Waals surface area contributed by atoms with Crippen molar-refractivity contribution < 1.29 is 4.79 Å². The number of hydrogen-bond acceptors (Lipinski definition) is 3. The summed E-state index contributed by atoms with van der Waals surface area (Å²) in [5.41, 5.74) is 2.16. The molecule has 0 spiro atoms. The summed E-state index contributed by atoms with van der Waals surface area (Å²) in [5, 5.41) is 0.742. The molecular weight excluding hydrogens is 352 g/mol. The van der Waals surface area contributed by atoms with E-state index in [4.69, 9.17) is 11.6 Å². The number of piperazine rings is 1. The number of nitrogens with zero attached hydrogens (tertiary/aromatic N) is 2. The van der Waals surface area contributed by atoms with E-state index in [-0.39, 0.29) is 5.91 Å². The number of hydrogen-bond donors (Lipinski definition) is 0. The van der Waals surface area contributed by atoms with Crippen molar-refractivity contribution in [3.8, 4) is 0 Å². The largest absolute Gasteiger partial charge is 0.368 e. The molecule has 3 rings (SSSR count). The maximum absolute atomic E-state index is 12.4. The summed E-state index contributed by atoms with van der Waals surface area (Å²) in [5.74, 6) is 0.0692. The van der Waals surface area contributed by atoms with Crippen molar-refractivity contribution in [1.29, 1.82) is 0 Å². The van der Waals surface area contributed by atoms with Gasteiger partial charge in [-0.25, -0.2) is 0 Å². The highest BCUT2D eigenvalue weighted by Crippen LogP contribution is 2.21. The van der Waals surface area contributed by atoms with E-state index in [1.54, 1.807) is 17.8 Å². The van der Waals surface area contributed by atoms with Crippen LogP contribution in [0.2, 0.25) is 5.02 Å². The molecule has 1 fully saturated rings. The first-order valence-electron chi connectivity index (χ1n) is 8.27. The Morgan fingerprint density at radius 1 is 1.08 bits per heavy atom. The van der Waals surface area contributed by atoms with Crippen molar-refractivity contribution in [2.75, 3.05) is 37.3 Å². The second-order valence-electron chi connectivity index (χ2n) is 5.90. The first kappa shape index (κ1) is 17.9. The summed E-state index contributed by atoms with van der Waals surface area (Å²) < 4.78 is 0. The molecule has 1 aliphatic rings. The number of carbonyl (C=O) groups is 1. The lowest BCUT2D eigenvalue weighted by Gasteiger charge is -2.35. The second kappa shape index (κ2) is 8.45. The molecule has 25 heavy (non-hydrogen) atoms. The summed E-state index contributed by atoms with van der Waals surface area (Å²) in [6, 6.07) is 16.1. The SMILES string of the molecule is CSc1ccc(/C=C/C(=O)N2CCN(c3cccc(Cl)c3)CC2)cc1. The van der Waals surface area contributed by atoms with E-state index >= 15 is 0 Å². The van der Waals surface area contributed by atoms with Gasteiger partial charge < -0.3 is 9.80 Å². The number of rotatable bonds is 4. The number of amides is 1. The number of benzene rings is 2. The molecule has 0 aliphatic carbocycles. The Morgan fingerprint density at radius 3 is 2.44 bits per heavy atom. The lowest BCUT2D eigenvalue weighted by atomic mass is 10.2. The maximum atomic E-state index is 12.4. The summed E-state index contributed by atoms with van der Waals surface area (Å²) in [4.78, 5) is 17.8. The normalized spacial score (nSPS) is 15.0. The minimum Gasteiger partial charge on any atom is -0.368 e. The number of carbonyl (C=O) groups excluding carboxylic acids is 1. The fraction of sp³-hybridized carbons (Fsp3) is 0.250. The third-order valence-electron chi connectivity index (χ3n) is 4.30. The Bertz CT molecular complexity index is 753. The van der Waals surface area contributed by atoms with E-state index < -0.39 is 0 Å². The quantitative estimate of drug-likeness (QED) is 0.586. The van der Waals surface area contributed by atoms with Gasteiger partial charge in [0, 0.05) is 47.9 Å². The molecule has 0 aromatic heterocycles. The van der Waals surface area contributed by atoms with E-state index in [0.717, 1.165) is 42.5 Å². The van der Waals surface area contributed by atoms with Gasteiger partial charge in [-0.3, -0.25) is 4.79 Å². The van der Waals surface area contributed by atoms with E-state index in [9.17, 15) is 4.79 Å². The predicted molar refractivity (Wildman–Crippen MR) is 108 cm³/mol. The molecule has 2 aromatic rings. The standard InChI is InChI=1S/C20H21ClN2OS/c1-25-19-8-5-16(6-9-19)7-10-20(24)23-13-11-22(12-14-23)18-4-2-3-17(21)15-18/h2-10,15H,11-14H2,1H3/b10-7+. The molecule has 1 saturated heterocycles. The lowest BCUT2D eigenvalue weighted by molar-refractivity contribution is -0.126. The van der Waals surface area contributed by atoms with Gasteiger partial charge in [-0.05, 0) is 48.2 Å². The van der Waals surface area contributed by atoms with Gasteiger partial charge in [0.1, 0.15) is 0 Å². The summed E-state index contributed by atoms with van der Waals surface area (Å²) in [7, 11) is 0. The summed E-state index contributed by atoms with van der Waals surface area (Å²) >= 11 is 7.77.